The van der Waals surface area contributed by atoms with Crippen LogP contribution in [0.25, 0.3) is 0 Å². The second kappa shape index (κ2) is 18.3. The Morgan fingerprint density at radius 3 is 1.49 bits per heavy atom. The minimum atomic E-state index is -4.64. The van der Waals surface area contributed by atoms with E-state index in [2.05, 4.69) is 97.1 Å². The molecule has 10 heteroatoms. The number of phosphoric acid groups is 1. The van der Waals surface area contributed by atoms with Gasteiger partial charge in [-0.2, -0.15) is 5.06 Å². The van der Waals surface area contributed by atoms with E-state index in [0.717, 1.165) is 25.0 Å². The molecule has 43 heavy (non-hydrogen) atoms. The van der Waals surface area contributed by atoms with Gasteiger partial charge in [-0.25, -0.2) is 4.57 Å². The van der Waals surface area contributed by atoms with Crippen molar-refractivity contribution in [1.82, 2.24) is 5.06 Å². The molecule has 0 aliphatic heterocycles. The van der Waals surface area contributed by atoms with Crippen molar-refractivity contribution in [2.75, 3.05) is 39.5 Å². The summed E-state index contributed by atoms with van der Waals surface area (Å²) in [6.45, 7) is 1.30. The molecule has 5 N–H and O–H groups in total. The first-order chi connectivity index (χ1) is 20.8. The standard InChI is InChI=1S/C33H37NO4.H3O4P/c35-20-18-34(19-21-36)38-23-22-37-33-17-16-30(24-27-10-4-1-5-11-27)31(25-28-12-6-2-7-13-28)32(33)26-29-14-8-3-9-15-29;1-5(2,3)4/h1-17,35-36H,18-26H2;(H3,1,2,3,4). The van der Waals surface area contributed by atoms with Crippen LogP contribution in [0.5, 0.6) is 5.75 Å². The average Bonchev–Trinajstić information content (AvgIpc) is 2.99. The Morgan fingerprint density at radius 1 is 0.581 bits per heavy atom. The average molecular weight is 610 g/mol. The van der Waals surface area contributed by atoms with E-state index in [9.17, 15) is 10.2 Å². The maximum atomic E-state index is 9.22. The van der Waals surface area contributed by atoms with Crippen LogP contribution in [0.1, 0.15) is 33.4 Å². The van der Waals surface area contributed by atoms with E-state index >= 15 is 0 Å². The summed E-state index contributed by atoms with van der Waals surface area (Å²) in [7, 11) is -4.64. The van der Waals surface area contributed by atoms with E-state index in [-0.39, 0.29) is 13.2 Å². The minimum absolute atomic E-state index is 0.0339. The lowest BCUT2D eigenvalue weighted by molar-refractivity contribution is -0.173. The van der Waals surface area contributed by atoms with Crippen molar-refractivity contribution in [3.05, 3.63) is 137 Å². The fourth-order valence-corrected chi connectivity index (χ4v) is 4.63. The van der Waals surface area contributed by atoms with Crippen LogP contribution in [0, 0.1) is 0 Å². The first-order valence-corrected chi connectivity index (χ1v) is 15.6. The van der Waals surface area contributed by atoms with E-state index in [1.54, 1.807) is 5.06 Å². The molecule has 0 aliphatic rings. The Labute approximate surface area is 252 Å². The van der Waals surface area contributed by atoms with Crippen molar-refractivity contribution in [2.45, 2.75) is 19.3 Å². The van der Waals surface area contributed by atoms with Crippen molar-refractivity contribution >= 4 is 7.82 Å². The van der Waals surface area contributed by atoms with Crippen molar-refractivity contribution in [3.63, 3.8) is 0 Å². The SMILES string of the molecule is O=P(O)(O)O.OCCN(CCO)OCCOc1ccc(Cc2ccccc2)c(Cc2ccccc2)c1Cc1ccccc1. The molecule has 0 atom stereocenters. The van der Waals surface area contributed by atoms with Crippen LogP contribution in [-0.4, -0.2) is 69.5 Å². The zero-order valence-corrected chi connectivity index (χ0v) is 24.9. The molecule has 230 valence electrons. The molecular weight excluding hydrogens is 569 g/mol. The Bertz CT molecular complexity index is 1370. The van der Waals surface area contributed by atoms with Crippen LogP contribution in [0.15, 0.2) is 103 Å². The summed E-state index contributed by atoms with van der Waals surface area (Å²) in [5, 5.41) is 20.0. The number of aliphatic hydroxyl groups excluding tert-OH is 2. The van der Waals surface area contributed by atoms with Gasteiger partial charge in [0.2, 0.25) is 0 Å². The van der Waals surface area contributed by atoms with Gasteiger partial charge in [0, 0.05) is 25.1 Å². The lowest BCUT2D eigenvalue weighted by Crippen LogP contribution is -2.31. The summed E-state index contributed by atoms with van der Waals surface area (Å²) in [6, 6.07) is 36.0. The Morgan fingerprint density at radius 2 is 1.02 bits per heavy atom. The van der Waals surface area contributed by atoms with Gasteiger partial charge in [-0.15, -0.1) is 0 Å². The molecule has 0 saturated heterocycles. The van der Waals surface area contributed by atoms with E-state index < -0.39 is 7.82 Å². The van der Waals surface area contributed by atoms with Gasteiger partial charge in [-0.3, -0.25) is 4.84 Å². The summed E-state index contributed by atoms with van der Waals surface area (Å²) in [6.07, 6.45) is 2.44. The quantitative estimate of drug-likeness (QED) is 0.0765. The molecule has 0 bridgehead atoms. The normalized spacial score (nSPS) is 11.2. The molecule has 4 rings (SSSR count). The predicted octanol–water partition coefficient (Wildman–Crippen LogP) is 4.13. The Hall–Kier alpha value is -3.37. The van der Waals surface area contributed by atoms with Crippen molar-refractivity contribution < 1.29 is 39.0 Å². The van der Waals surface area contributed by atoms with Crippen LogP contribution in [0.4, 0.5) is 0 Å². The van der Waals surface area contributed by atoms with Gasteiger partial charge < -0.3 is 29.6 Å². The van der Waals surface area contributed by atoms with Crippen molar-refractivity contribution in [2.24, 2.45) is 0 Å². The molecule has 0 aromatic heterocycles. The highest BCUT2D eigenvalue weighted by molar-refractivity contribution is 7.45. The molecule has 0 radical (unpaired) electrons. The van der Waals surface area contributed by atoms with Crippen LogP contribution in [0.2, 0.25) is 0 Å². The summed E-state index contributed by atoms with van der Waals surface area (Å²) >= 11 is 0. The van der Waals surface area contributed by atoms with Gasteiger partial charge in [-0.05, 0) is 46.7 Å². The first kappa shape index (κ1) is 34.1. The number of hydroxylamine groups is 2. The van der Waals surface area contributed by atoms with Gasteiger partial charge in [0.05, 0.1) is 13.2 Å². The summed E-state index contributed by atoms with van der Waals surface area (Å²) < 4.78 is 15.2. The molecule has 0 aliphatic carbocycles. The maximum absolute atomic E-state index is 9.22. The van der Waals surface area contributed by atoms with E-state index in [0.29, 0.717) is 26.3 Å². The molecule has 4 aromatic rings. The third-order valence-electron chi connectivity index (χ3n) is 6.48. The number of aliphatic hydroxyl groups is 2. The highest BCUT2D eigenvalue weighted by atomic mass is 31.2. The highest BCUT2D eigenvalue weighted by Crippen LogP contribution is 2.32. The largest absolute Gasteiger partial charge is 0.491 e. The molecule has 4 aromatic carbocycles. The molecule has 0 fully saturated rings. The van der Waals surface area contributed by atoms with Crippen molar-refractivity contribution in [1.29, 1.82) is 0 Å². The van der Waals surface area contributed by atoms with Crippen LogP contribution >= 0.6 is 7.82 Å². The lowest BCUT2D eigenvalue weighted by Gasteiger charge is -2.22. The molecule has 0 heterocycles. The number of rotatable bonds is 15. The van der Waals surface area contributed by atoms with Crippen LogP contribution in [0.3, 0.4) is 0 Å². The minimum Gasteiger partial charge on any atom is -0.491 e. The highest BCUT2D eigenvalue weighted by Gasteiger charge is 2.17. The molecule has 0 spiro atoms. The lowest BCUT2D eigenvalue weighted by atomic mass is 9.88. The van der Waals surface area contributed by atoms with Gasteiger partial charge in [0.25, 0.3) is 0 Å². The fraction of sp³-hybridized carbons (Fsp3) is 0.273. The number of nitrogens with zero attached hydrogens (tertiary/aromatic N) is 1. The molecule has 0 saturated carbocycles. The number of benzene rings is 4. The number of hydrogen-bond acceptors (Lipinski definition) is 6. The van der Waals surface area contributed by atoms with Crippen LogP contribution in [-0.2, 0) is 28.7 Å². The molecule has 0 amide bonds. The molecule has 9 nitrogen and oxygen atoms in total. The number of hydrogen-bond donors (Lipinski definition) is 5. The van der Waals surface area contributed by atoms with Gasteiger partial charge in [0.1, 0.15) is 19.0 Å². The zero-order chi connectivity index (χ0) is 30.9. The molecular formula is C33H40NO8P. The van der Waals surface area contributed by atoms with Crippen molar-refractivity contribution in [3.8, 4) is 5.75 Å². The zero-order valence-electron chi connectivity index (χ0n) is 24.0. The maximum Gasteiger partial charge on any atom is 0.466 e. The smallest absolute Gasteiger partial charge is 0.466 e. The van der Waals surface area contributed by atoms with Gasteiger partial charge in [-0.1, -0.05) is 97.1 Å². The predicted molar refractivity (Wildman–Crippen MR) is 166 cm³/mol. The summed E-state index contributed by atoms with van der Waals surface area (Å²) in [5.41, 5.74) is 7.56. The fourth-order valence-electron chi connectivity index (χ4n) is 4.63. The van der Waals surface area contributed by atoms with E-state index in [4.69, 9.17) is 28.8 Å². The summed E-state index contributed by atoms with van der Waals surface area (Å²) in [4.78, 5) is 27.3. The number of ether oxygens (including phenoxy) is 1. The molecule has 0 unspecified atom stereocenters. The second-order valence-electron chi connectivity index (χ2n) is 9.74. The Balaban J connectivity index is 0.000000934. The van der Waals surface area contributed by atoms with Gasteiger partial charge in [0.15, 0.2) is 0 Å². The Kier molecular flexibility index (Phi) is 14.5. The van der Waals surface area contributed by atoms with E-state index in [1.807, 2.05) is 6.07 Å². The third-order valence-corrected chi connectivity index (χ3v) is 6.48. The monoisotopic (exact) mass is 609 g/mol. The topological polar surface area (TPSA) is 140 Å². The first-order valence-electron chi connectivity index (χ1n) is 14.0. The third kappa shape index (κ3) is 13.2. The second-order valence-corrected chi connectivity index (χ2v) is 10.8. The van der Waals surface area contributed by atoms with E-state index in [1.165, 1.54) is 33.4 Å². The van der Waals surface area contributed by atoms with Gasteiger partial charge >= 0.3 is 7.82 Å². The summed E-state index contributed by atoms with van der Waals surface area (Å²) in [5.74, 6) is 0.857. The van der Waals surface area contributed by atoms with Crippen LogP contribution < -0.4 is 4.74 Å².